The van der Waals surface area contributed by atoms with Crippen LogP contribution in [0, 0.1) is 0 Å². The topological polar surface area (TPSA) is 201 Å². The van der Waals surface area contributed by atoms with Gasteiger partial charge in [0.25, 0.3) is 0 Å². The van der Waals surface area contributed by atoms with Crippen molar-refractivity contribution in [3.05, 3.63) is 52.5 Å². The molecule has 2 aliphatic rings. The molecule has 4 rings (SSSR count). The molecule has 2 saturated heterocycles. The van der Waals surface area contributed by atoms with Gasteiger partial charge < -0.3 is 31.7 Å². The van der Waals surface area contributed by atoms with Gasteiger partial charge in [0, 0.05) is 49.0 Å². The largest absolute Gasteiger partial charge is 0.481 e. The van der Waals surface area contributed by atoms with Crippen molar-refractivity contribution in [3.63, 3.8) is 0 Å². The molecule has 0 bridgehead atoms. The van der Waals surface area contributed by atoms with Crippen molar-refractivity contribution in [3.8, 4) is 0 Å². The molecule has 2 aromatic rings. The Bertz CT molecular complexity index is 1350. The zero-order valence-electron chi connectivity index (χ0n) is 24.2. The van der Waals surface area contributed by atoms with Gasteiger partial charge in [0.05, 0.1) is 12.1 Å². The molecule has 2 fully saturated rings. The Morgan fingerprint density at radius 2 is 1.91 bits per heavy atom. The van der Waals surface area contributed by atoms with Crippen LogP contribution in [0.5, 0.6) is 0 Å². The van der Waals surface area contributed by atoms with Crippen LogP contribution >= 0.6 is 23.1 Å². The summed E-state index contributed by atoms with van der Waals surface area (Å²) in [7, 11) is 0. The minimum Gasteiger partial charge on any atom is -0.481 e. The van der Waals surface area contributed by atoms with Crippen LogP contribution in [-0.2, 0) is 25.6 Å². The molecule has 13 nitrogen and oxygen atoms in total. The van der Waals surface area contributed by atoms with Gasteiger partial charge in [-0.15, -0.1) is 11.3 Å². The maximum atomic E-state index is 14.0. The minimum absolute atomic E-state index is 0.0636. The van der Waals surface area contributed by atoms with Gasteiger partial charge in [-0.25, -0.2) is 4.98 Å². The Morgan fingerprint density at radius 1 is 1.14 bits per heavy atom. The first-order valence-corrected chi connectivity index (χ1v) is 16.4. The maximum Gasteiger partial charge on any atom is 0.303 e. The summed E-state index contributed by atoms with van der Waals surface area (Å²) in [6, 6.07) is 6.27. The third-order valence-corrected chi connectivity index (χ3v) is 9.54. The standard InChI is InChI=1S/C29H37N7O6S2/c30-29(31)33-12-4-7-20(25(40)27-32-13-14-44-27)34-26(41)22-17-43-16-19-15-35(21(9-11-24(38)39)28(42)36(19)22)23(37)10-8-18-5-2-1-3-6-18/h1-3,5-6,13-14,19-22H,4,7-12,15-17H2,(H,34,41)(H,38,39)(H4,30,31,33)/t19-,20?,21?,22+/m1/s1. The number of carboxylic acids is 1. The lowest BCUT2D eigenvalue weighted by Gasteiger charge is -2.50. The zero-order valence-corrected chi connectivity index (χ0v) is 25.8. The first kappa shape index (κ1) is 32.9. The predicted octanol–water partition coefficient (Wildman–Crippen LogP) is 0.885. The summed E-state index contributed by atoms with van der Waals surface area (Å²) in [5.74, 6) is -1.86. The number of amides is 3. The highest BCUT2D eigenvalue weighted by Gasteiger charge is 2.48. The van der Waals surface area contributed by atoms with E-state index in [9.17, 15) is 29.1 Å². The van der Waals surface area contributed by atoms with E-state index in [0.29, 0.717) is 24.3 Å². The van der Waals surface area contributed by atoms with E-state index in [4.69, 9.17) is 11.5 Å². The van der Waals surface area contributed by atoms with Gasteiger partial charge in [0.1, 0.15) is 12.1 Å². The second kappa shape index (κ2) is 15.7. The van der Waals surface area contributed by atoms with Crippen LogP contribution in [0.25, 0.3) is 0 Å². The molecule has 15 heteroatoms. The summed E-state index contributed by atoms with van der Waals surface area (Å²) in [5, 5.41) is 14.1. The zero-order chi connectivity index (χ0) is 31.6. The number of nitrogens with zero attached hydrogens (tertiary/aromatic N) is 4. The molecule has 6 N–H and O–H groups in total. The lowest BCUT2D eigenvalue weighted by Crippen LogP contribution is -2.70. The molecule has 3 heterocycles. The quantitative estimate of drug-likeness (QED) is 0.0991. The number of aromatic nitrogens is 1. The van der Waals surface area contributed by atoms with Crippen LogP contribution in [-0.4, -0.2) is 104 Å². The van der Waals surface area contributed by atoms with E-state index in [1.54, 1.807) is 5.38 Å². The number of benzene rings is 1. The number of nitrogens with one attached hydrogen (secondary N) is 1. The average molecular weight is 644 g/mol. The molecule has 44 heavy (non-hydrogen) atoms. The number of hydrogen-bond donors (Lipinski definition) is 4. The molecule has 0 saturated carbocycles. The molecule has 0 aliphatic carbocycles. The Labute approximate surface area is 263 Å². The third kappa shape index (κ3) is 8.56. The molecule has 2 unspecified atom stereocenters. The number of carbonyl (C=O) groups excluding carboxylic acids is 4. The summed E-state index contributed by atoms with van der Waals surface area (Å²) in [6.45, 7) is 0.464. The number of aliphatic carboxylic acids is 1. The van der Waals surface area contributed by atoms with Gasteiger partial charge in [0.15, 0.2) is 11.0 Å². The predicted molar refractivity (Wildman–Crippen MR) is 167 cm³/mol. The number of aliphatic imine (C=N–C) groups is 1. The summed E-state index contributed by atoms with van der Waals surface area (Å²) in [6.07, 6.45) is 2.47. The number of guanidine groups is 1. The number of fused-ring (bicyclic) bond motifs is 1. The Morgan fingerprint density at radius 3 is 2.59 bits per heavy atom. The van der Waals surface area contributed by atoms with Crippen LogP contribution < -0.4 is 16.8 Å². The highest BCUT2D eigenvalue weighted by atomic mass is 32.2. The molecule has 236 valence electrons. The number of thioether (sulfide) groups is 1. The summed E-state index contributed by atoms with van der Waals surface area (Å²) < 4.78 is 0. The monoisotopic (exact) mass is 643 g/mol. The summed E-state index contributed by atoms with van der Waals surface area (Å²) in [5.41, 5.74) is 11.8. The van der Waals surface area contributed by atoms with Crippen LogP contribution in [0.3, 0.4) is 0 Å². The molecule has 1 aromatic heterocycles. The highest BCUT2D eigenvalue weighted by molar-refractivity contribution is 7.99. The van der Waals surface area contributed by atoms with Crippen LogP contribution in [0.4, 0.5) is 0 Å². The van der Waals surface area contributed by atoms with Gasteiger partial charge in [-0.2, -0.15) is 11.8 Å². The van der Waals surface area contributed by atoms with Crippen molar-refractivity contribution in [2.24, 2.45) is 16.5 Å². The number of carbonyl (C=O) groups is 5. The lowest BCUT2D eigenvalue weighted by molar-refractivity contribution is -0.160. The molecule has 0 spiro atoms. The van der Waals surface area contributed by atoms with E-state index in [0.717, 1.165) is 16.9 Å². The van der Waals surface area contributed by atoms with E-state index >= 15 is 0 Å². The number of carboxylic acid groups (broad SMARTS) is 1. The number of nitrogens with two attached hydrogens (primary N) is 2. The fourth-order valence-corrected chi connectivity index (χ4v) is 7.30. The van der Waals surface area contributed by atoms with Crippen molar-refractivity contribution >= 4 is 58.5 Å². The van der Waals surface area contributed by atoms with Crippen LogP contribution in [0.15, 0.2) is 46.9 Å². The normalized spacial score (nSPS) is 20.4. The fraction of sp³-hybridized carbons (Fsp3) is 0.483. The molecule has 1 aromatic carbocycles. The van der Waals surface area contributed by atoms with Gasteiger partial charge in [-0.1, -0.05) is 30.3 Å². The third-order valence-electron chi connectivity index (χ3n) is 7.58. The summed E-state index contributed by atoms with van der Waals surface area (Å²) in [4.78, 5) is 76.9. The van der Waals surface area contributed by atoms with E-state index in [2.05, 4.69) is 15.3 Å². The van der Waals surface area contributed by atoms with E-state index in [-0.39, 0.29) is 61.4 Å². The van der Waals surface area contributed by atoms with E-state index in [1.807, 2.05) is 30.3 Å². The minimum atomic E-state index is -1.08. The number of ketones is 1. The van der Waals surface area contributed by atoms with E-state index < -0.39 is 42.0 Å². The second-order valence-corrected chi connectivity index (χ2v) is 12.6. The maximum absolute atomic E-state index is 14.0. The first-order valence-electron chi connectivity index (χ1n) is 14.4. The number of thiazole rings is 1. The van der Waals surface area contributed by atoms with Gasteiger partial charge in [0.2, 0.25) is 23.5 Å². The van der Waals surface area contributed by atoms with Gasteiger partial charge in [-0.3, -0.25) is 29.0 Å². The first-order chi connectivity index (χ1) is 21.2. The van der Waals surface area contributed by atoms with E-state index in [1.165, 1.54) is 27.8 Å². The molecule has 2 aliphatic heterocycles. The van der Waals surface area contributed by atoms with Crippen molar-refractivity contribution in [2.45, 2.75) is 62.7 Å². The van der Waals surface area contributed by atoms with Crippen LogP contribution in [0.1, 0.15) is 47.5 Å². The van der Waals surface area contributed by atoms with Crippen molar-refractivity contribution in [1.29, 1.82) is 0 Å². The number of Topliss-reactive ketones (excluding diaryl/α,β-unsaturated/α-hetero) is 1. The molecule has 4 atom stereocenters. The van der Waals surface area contributed by atoms with Gasteiger partial charge in [-0.05, 0) is 31.2 Å². The number of piperazine rings is 1. The lowest BCUT2D eigenvalue weighted by atomic mass is 9.97. The Hall–Kier alpha value is -3.98. The Balaban J connectivity index is 1.51. The molecule has 3 amide bonds. The second-order valence-electron chi connectivity index (χ2n) is 10.6. The highest BCUT2D eigenvalue weighted by Crippen LogP contribution is 2.31. The number of hydrogen-bond acceptors (Lipinski definition) is 9. The molecular formula is C29H37N7O6S2. The molecular weight excluding hydrogens is 606 g/mol. The SMILES string of the molecule is NC(N)=NCCCC(NC(=O)[C@@H]1CSC[C@H]2CN(C(=O)CCc3ccccc3)C(CCC(=O)O)C(=O)N21)C(=O)c1nccs1. The Kier molecular flexibility index (Phi) is 11.7. The fourth-order valence-electron chi connectivity index (χ4n) is 5.46. The van der Waals surface area contributed by atoms with Crippen LogP contribution in [0.2, 0.25) is 0 Å². The summed E-state index contributed by atoms with van der Waals surface area (Å²) >= 11 is 2.66. The number of aryl methyl sites for hydroxylation is 1. The number of rotatable bonds is 14. The smallest absolute Gasteiger partial charge is 0.303 e. The average Bonchev–Trinajstić information content (AvgIpc) is 3.55. The van der Waals surface area contributed by atoms with Crippen molar-refractivity contribution in [2.75, 3.05) is 24.6 Å². The van der Waals surface area contributed by atoms with Crippen molar-refractivity contribution in [1.82, 2.24) is 20.1 Å². The van der Waals surface area contributed by atoms with Gasteiger partial charge >= 0.3 is 5.97 Å². The van der Waals surface area contributed by atoms with Crippen molar-refractivity contribution < 1.29 is 29.1 Å². The molecule has 0 radical (unpaired) electrons.